The lowest BCUT2D eigenvalue weighted by molar-refractivity contribution is -0.167. The molecule has 0 saturated heterocycles. The second kappa shape index (κ2) is 64.7. The van der Waals surface area contributed by atoms with Gasteiger partial charge in [-0.1, -0.05) is 341 Å². The Labute approximate surface area is 469 Å². The minimum Gasteiger partial charge on any atom is -0.462 e. The predicted molar refractivity (Wildman–Crippen MR) is 326 cm³/mol. The summed E-state index contributed by atoms with van der Waals surface area (Å²) in [5.41, 5.74) is 0. The summed E-state index contributed by atoms with van der Waals surface area (Å²) in [6.07, 6.45) is 77.3. The molecular formula is C69H132O6. The molecule has 0 spiro atoms. The zero-order valence-electron chi connectivity index (χ0n) is 51.1. The highest BCUT2D eigenvalue weighted by atomic mass is 16.6. The first-order valence-electron chi connectivity index (χ1n) is 34.2. The van der Waals surface area contributed by atoms with E-state index in [4.69, 9.17) is 14.2 Å². The number of allylic oxidation sites excluding steroid dienone is 2. The third-order valence-corrected chi connectivity index (χ3v) is 15.8. The van der Waals surface area contributed by atoms with Crippen LogP contribution in [0.4, 0.5) is 0 Å². The second-order valence-corrected chi connectivity index (χ2v) is 23.5. The molecule has 0 N–H and O–H groups in total. The van der Waals surface area contributed by atoms with Gasteiger partial charge in [0.1, 0.15) is 13.2 Å². The minimum atomic E-state index is -0.763. The van der Waals surface area contributed by atoms with Crippen LogP contribution in [0.2, 0.25) is 0 Å². The normalized spacial score (nSPS) is 12.0. The summed E-state index contributed by atoms with van der Waals surface area (Å²) < 4.78 is 16.8. The summed E-state index contributed by atoms with van der Waals surface area (Å²) in [6, 6.07) is 0. The fourth-order valence-corrected chi connectivity index (χ4v) is 10.6. The van der Waals surface area contributed by atoms with Crippen molar-refractivity contribution < 1.29 is 28.6 Å². The predicted octanol–water partition coefficient (Wildman–Crippen LogP) is 23.2. The molecule has 1 atom stereocenters. The van der Waals surface area contributed by atoms with Crippen molar-refractivity contribution in [2.24, 2.45) is 0 Å². The zero-order chi connectivity index (χ0) is 54.3. The largest absolute Gasteiger partial charge is 0.462 e. The molecule has 6 nitrogen and oxygen atoms in total. The summed E-state index contributed by atoms with van der Waals surface area (Å²) in [5, 5.41) is 0. The molecular weight excluding hydrogens is 925 g/mol. The van der Waals surface area contributed by atoms with Crippen molar-refractivity contribution in [3.63, 3.8) is 0 Å². The number of unbranched alkanes of at least 4 members (excludes halogenated alkanes) is 51. The summed E-state index contributed by atoms with van der Waals surface area (Å²) in [7, 11) is 0. The molecule has 0 radical (unpaired) electrons. The van der Waals surface area contributed by atoms with Gasteiger partial charge in [-0.3, -0.25) is 14.4 Å². The fourth-order valence-electron chi connectivity index (χ4n) is 10.6. The van der Waals surface area contributed by atoms with Crippen LogP contribution in [-0.2, 0) is 28.6 Å². The molecule has 0 aromatic rings. The van der Waals surface area contributed by atoms with Gasteiger partial charge in [0.2, 0.25) is 0 Å². The third kappa shape index (κ3) is 62.9. The van der Waals surface area contributed by atoms with E-state index < -0.39 is 6.10 Å². The average Bonchev–Trinajstić information content (AvgIpc) is 3.41. The first kappa shape index (κ1) is 73.2. The van der Waals surface area contributed by atoms with E-state index in [1.54, 1.807) is 0 Å². The number of rotatable bonds is 64. The molecule has 75 heavy (non-hydrogen) atoms. The molecule has 0 rings (SSSR count). The van der Waals surface area contributed by atoms with E-state index in [1.807, 2.05) is 0 Å². The van der Waals surface area contributed by atoms with Crippen molar-refractivity contribution in [3.05, 3.63) is 12.2 Å². The van der Waals surface area contributed by atoms with Gasteiger partial charge in [0, 0.05) is 19.3 Å². The maximum absolute atomic E-state index is 12.8. The SMILES string of the molecule is CCCCCCCCCC/C=C\CCCCCCCCCCCCCCCC(=O)OC(COC(=O)CCCCCCC)COC(=O)CCCCCCCCCCCCCCCCCCCCCCCCCCCCC. The molecule has 0 aliphatic rings. The van der Waals surface area contributed by atoms with E-state index in [0.29, 0.717) is 19.3 Å². The minimum absolute atomic E-state index is 0.0645. The Balaban J connectivity index is 3.93. The van der Waals surface area contributed by atoms with Gasteiger partial charge in [-0.15, -0.1) is 0 Å². The number of hydrogen-bond acceptors (Lipinski definition) is 6. The van der Waals surface area contributed by atoms with Gasteiger partial charge in [-0.2, -0.15) is 0 Å². The van der Waals surface area contributed by atoms with E-state index in [1.165, 1.54) is 289 Å². The van der Waals surface area contributed by atoms with Gasteiger partial charge in [0.25, 0.3) is 0 Å². The number of esters is 3. The monoisotopic (exact) mass is 1060 g/mol. The topological polar surface area (TPSA) is 78.9 Å². The molecule has 0 heterocycles. The van der Waals surface area contributed by atoms with Crippen molar-refractivity contribution in [1.82, 2.24) is 0 Å². The van der Waals surface area contributed by atoms with E-state index >= 15 is 0 Å². The number of carbonyl (C=O) groups excluding carboxylic acids is 3. The lowest BCUT2D eigenvalue weighted by Crippen LogP contribution is -2.30. The molecule has 1 unspecified atom stereocenters. The Morgan fingerprint density at radius 3 is 0.667 bits per heavy atom. The van der Waals surface area contributed by atoms with Crippen LogP contribution in [-0.4, -0.2) is 37.2 Å². The molecule has 6 heteroatoms. The molecule has 444 valence electrons. The maximum atomic E-state index is 12.8. The zero-order valence-corrected chi connectivity index (χ0v) is 51.1. The van der Waals surface area contributed by atoms with Gasteiger partial charge in [0.05, 0.1) is 0 Å². The highest BCUT2D eigenvalue weighted by Gasteiger charge is 2.19. The van der Waals surface area contributed by atoms with Crippen LogP contribution in [0.15, 0.2) is 12.2 Å². The fraction of sp³-hybridized carbons (Fsp3) is 0.928. The van der Waals surface area contributed by atoms with Gasteiger partial charge in [0.15, 0.2) is 6.10 Å². The van der Waals surface area contributed by atoms with Crippen LogP contribution in [0.3, 0.4) is 0 Å². The van der Waals surface area contributed by atoms with Crippen molar-refractivity contribution in [1.29, 1.82) is 0 Å². The molecule has 0 aromatic carbocycles. The Morgan fingerprint density at radius 2 is 0.440 bits per heavy atom. The van der Waals surface area contributed by atoms with Crippen LogP contribution in [0, 0.1) is 0 Å². The molecule has 0 aromatic heterocycles. The van der Waals surface area contributed by atoms with Gasteiger partial charge in [-0.25, -0.2) is 0 Å². The van der Waals surface area contributed by atoms with Crippen LogP contribution >= 0.6 is 0 Å². The molecule has 0 fully saturated rings. The van der Waals surface area contributed by atoms with Crippen molar-refractivity contribution in [2.75, 3.05) is 13.2 Å². The Hall–Kier alpha value is -1.85. The Kier molecular flexibility index (Phi) is 63.1. The maximum Gasteiger partial charge on any atom is 0.306 e. The van der Waals surface area contributed by atoms with Crippen LogP contribution in [0.25, 0.3) is 0 Å². The smallest absolute Gasteiger partial charge is 0.306 e. The Bertz CT molecular complexity index is 1170. The first-order chi connectivity index (χ1) is 37.0. The van der Waals surface area contributed by atoms with Gasteiger partial charge >= 0.3 is 17.9 Å². The summed E-state index contributed by atoms with van der Waals surface area (Å²) in [4.78, 5) is 38.0. The third-order valence-electron chi connectivity index (χ3n) is 15.8. The standard InChI is InChI=1S/C69H132O6/c1-4-7-10-13-15-17-19-21-23-25-27-29-31-33-34-36-37-39-41-43-45-47-49-51-53-56-59-62-68(71)74-65-66(64-73-67(70)61-58-55-12-9-6-3)75-69(72)63-60-57-54-52-50-48-46-44-42-40-38-35-32-30-28-26-24-22-20-18-16-14-11-8-5-2/h26,28,66H,4-25,27,29-65H2,1-3H3/b28-26-. The van der Waals surface area contributed by atoms with E-state index in [0.717, 1.165) is 64.2 Å². The van der Waals surface area contributed by atoms with Gasteiger partial charge < -0.3 is 14.2 Å². The van der Waals surface area contributed by atoms with E-state index in [-0.39, 0.29) is 31.1 Å². The summed E-state index contributed by atoms with van der Waals surface area (Å²) in [6.45, 7) is 6.63. The van der Waals surface area contributed by atoms with Crippen molar-refractivity contribution >= 4 is 17.9 Å². The van der Waals surface area contributed by atoms with Gasteiger partial charge in [-0.05, 0) is 44.9 Å². The van der Waals surface area contributed by atoms with Crippen LogP contribution in [0.5, 0.6) is 0 Å². The number of hydrogen-bond donors (Lipinski definition) is 0. The summed E-state index contributed by atoms with van der Waals surface area (Å²) in [5.74, 6) is -0.851. The number of ether oxygens (including phenoxy) is 3. The lowest BCUT2D eigenvalue weighted by atomic mass is 10.0. The molecule has 0 bridgehead atoms. The average molecular weight is 1060 g/mol. The number of carbonyl (C=O) groups is 3. The van der Waals surface area contributed by atoms with Crippen molar-refractivity contribution in [3.8, 4) is 0 Å². The van der Waals surface area contributed by atoms with Crippen LogP contribution in [0.1, 0.15) is 393 Å². The molecule has 0 aliphatic heterocycles. The highest BCUT2D eigenvalue weighted by Crippen LogP contribution is 2.19. The van der Waals surface area contributed by atoms with E-state index in [9.17, 15) is 14.4 Å². The molecule has 0 saturated carbocycles. The molecule has 0 amide bonds. The van der Waals surface area contributed by atoms with E-state index in [2.05, 4.69) is 32.9 Å². The second-order valence-electron chi connectivity index (χ2n) is 23.5. The Morgan fingerprint density at radius 1 is 0.253 bits per heavy atom. The lowest BCUT2D eigenvalue weighted by Gasteiger charge is -2.18. The first-order valence-corrected chi connectivity index (χ1v) is 34.2. The highest BCUT2D eigenvalue weighted by molar-refractivity contribution is 5.71. The molecule has 0 aliphatic carbocycles. The summed E-state index contributed by atoms with van der Waals surface area (Å²) >= 11 is 0. The van der Waals surface area contributed by atoms with Crippen LogP contribution < -0.4 is 0 Å². The quantitative estimate of drug-likeness (QED) is 0.0261. The van der Waals surface area contributed by atoms with Crippen molar-refractivity contribution in [2.45, 2.75) is 399 Å².